The van der Waals surface area contributed by atoms with E-state index in [-0.39, 0.29) is 0 Å². The summed E-state index contributed by atoms with van der Waals surface area (Å²) in [6.07, 6.45) is 0.370. The zero-order chi connectivity index (χ0) is 11.5. The Morgan fingerprint density at radius 2 is 2.06 bits per heavy atom. The highest BCUT2D eigenvalue weighted by Gasteiger charge is 2.09. The van der Waals surface area contributed by atoms with Gasteiger partial charge in [-0.3, -0.25) is 5.10 Å². The quantitative estimate of drug-likeness (QED) is 0.915. The van der Waals surface area contributed by atoms with Crippen LogP contribution in [-0.2, 0) is 6.42 Å². The van der Waals surface area contributed by atoms with Gasteiger partial charge in [0, 0.05) is 10.0 Å². The van der Waals surface area contributed by atoms with Crippen LogP contribution in [0.25, 0.3) is 11.3 Å². The summed E-state index contributed by atoms with van der Waals surface area (Å²) in [5.41, 5.74) is 3.91. The Morgan fingerprint density at radius 1 is 1.38 bits per heavy atom. The van der Waals surface area contributed by atoms with Gasteiger partial charge in [-0.15, -0.1) is 0 Å². The molecule has 0 spiro atoms. The van der Waals surface area contributed by atoms with Crippen molar-refractivity contribution < 1.29 is 0 Å². The lowest BCUT2D eigenvalue weighted by Gasteiger charge is -1.99. The molecule has 3 nitrogen and oxygen atoms in total. The van der Waals surface area contributed by atoms with Crippen LogP contribution in [0.1, 0.15) is 11.3 Å². The lowest BCUT2D eigenvalue weighted by atomic mass is 10.1. The number of halogens is 1. The number of aromatic nitrogens is 2. The first-order valence-electron chi connectivity index (χ1n) is 4.89. The summed E-state index contributed by atoms with van der Waals surface area (Å²) >= 11 is 3.40. The van der Waals surface area contributed by atoms with Crippen LogP contribution in [0.2, 0.25) is 0 Å². The van der Waals surface area contributed by atoms with Crippen molar-refractivity contribution in [1.82, 2.24) is 10.2 Å². The van der Waals surface area contributed by atoms with E-state index in [0.717, 1.165) is 27.0 Å². The number of rotatable bonds is 2. The van der Waals surface area contributed by atoms with E-state index in [9.17, 15) is 0 Å². The van der Waals surface area contributed by atoms with Crippen molar-refractivity contribution in [3.05, 3.63) is 40.0 Å². The third-order valence-corrected chi connectivity index (χ3v) is 3.01. The lowest BCUT2D eigenvalue weighted by molar-refractivity contribution is 1.01. The minimum Gasteiger partial charge on any atom is -0.281 e. The minimum atomic E-state index is 0.370. The Morgan fingerprint density at radius 3 is 2.69 bits per heavy atom. The van der Waals surface area contributed by atoms with E-state index in [1.165, 1.54) is 0 Å². The van der Waals surface area contributed by atoms with Crippen LogP contribution >= 0.6 is 15.9 Å². The molecule has 0 saturated carbocycles. The van der Waals surface area contributed by atoms with Gasteiger partial charge in [0.15, 0.2) is 0 Å². The molecule has 0 radical (unpaired) electrons. The fraction of sp³-hybridized carbons (Fsp3) is 0.167. The largest absolute Gasteiger partial charge is 0.281 e. The Labute approximate surface area is 102 Å². The van der Waals surface area contributed by atoms with Gasteiger partial charge in [-0.25, -0.2) is 0 Å². The molecule has 0 saturated heterocycles. The normalized spacial score (nSPS) is 10.1. The number of nitriles is 1. The molecule has 0 amide bonds. The van der Waals surface area contributed by atoms with E-state index in [2.05, 4.69) is 32.2 Å². The van der Waals surface area contributed by atoms with Gasteiger partial charge in [0.1, 0.15) is 0 Å². The van der Waals surface area contributed by atoms with Crippen LogP contribution in [0.15, 0.2) is 28.7 Å². The first-order chi connectivity index (χ1) is 7.72. The van der Waals surface area contributed by atoms with Gasteiger partial charge in [-0.2, -0.15) is 10.4 Å². The average Bonchev–Trinajstić information content (AvgIpc) is 2.63. The predicted octanol–water partition coefficient (Wildman–Crippen LogP) is 3.21. The summed E-state index contributed by atoms with van der Waals surface area (Å²) < 4.78 is 1.04. The van der Waals surface area contributed by atoms with Gasteiger partial charge in [-0.1, -0.05) is 28.1 Å². The molecule has 80 valence electrons. The molecule has 0 aliphatic carbocycles. The molecule has 0 fully saturated rings. The predicted molar refractivity (Wildman–Crippen MR) is 65.8 cm³/mol. The molecular formula is C12H10BrN3. The van der Waals surface area contributed by atoms with Crippen molar-refractivity contribution in [2.24, 2.45) is 0 Å². The van der Waals surface area contributed by atoms with Gasteiger partial charge in [-0.05, 0) is 24.6 Å². The van der Waals surface area contributed by atoms with Crippen LogP contribution < -0.4 is 0 Å². The molecule has 0 bridgehead atoms. The summed E-state index contributed by atoms with van der Waals surface area (Å²) in [4.78, 5) is 0. The molecule has 1 aromatic carbocycles. The van der Waals surface area contributed by atoms with Gasteiger partial charge in [0.2, 0.25) is 0 Å². The second-order valence-corrected chi connectivity index (χ2v) is 4.43. The molecule has 16 heavy (non-hydrogen) atoms. The summed E-state index contributed by atoms with van der Waals surface area (Å²) in [6.45, 7) is 1.98. The fourth-order valence-corrected chi connectivity index (χ4v) is 1.84. The van der Waals surface area contributed by atoms with Crippen molar-refractivity contribution in [2.75, 3.05) is 0 Å². The Balaban J connectivity index is 2.42. The molecule has 0 atom stereocenters. The Bertz CT molecular complexity index is 534. The van der Waals surface area contributed by atoms with E-state index < -0.39 is 0 Å². The zero-order valence-electron chi connectivity index (χ0n) is 8.79. The van der Waals surface area contributed by atoms with Crippen molar-refractivity contribution in [2.45, 2.75) is 13.3 Å². The van der Waals surface area contributed by atoms with E-state index in [0.29, 0.717) is 6.42 Å². The van der Waals surface area contributed by atoms with Crippen LogP contribution in [-0.4, -0.2) is 10.2 Å². The first kappa shape index (κ1) is 10.9. The van der Waals surface area contributed by atoms with Crippen LogP contribution in [0, 0.1) is 18.3 Å². The maximum Gasteiger partial charge on any atom is 0.0953 e. The maximum atomic E-state index is 8.66. The number of hydrogen-bond acceptors (Lipinski definition) is 2. The number of hydrogen-bond donors (Lipinski definition) is 1. The minimum absolute atomic E-state index is 0.370. The Hall–Kier alpha value is -1.60. The average molecular weight is 276 g/mol. The van der Waals surface area contributed by atoms with E-state index >= 15 is 0 Å². The maximum absolute atomic E-state index is 8.66. The highest BCUT2D eigenvalue weighted by molar-refractivity contribution is 9.10. The molecule has 2 rings (SSSR count). The van der Waals surface area contributed by atoms with Gasteiger partial charge in [0.25, 0.3) is 0 Å². The van der Waals surface area contributed by atoms with Crippen molar-refractivity contribution in [3.63, 3.8) is 0 Å². The molecule has 1 aromatic heterocycles. The van der Waals surface area contributed by atoms with Crippen molar-refractivity contribution in [3.8, 4) is 17.3 Å². The third-order valence-electron chi connectivity index (χ3n) is 2.48. The van der Waals surface area contributed by atoms with Crippen LogP contribution in [0.5, 0.6) is 0 Å². The molecule has 4 heteroatoms. The Kier molecular flexibility index (Phi) is 3.07. The fourth-order valence-electron chi connectivity index (χ4n) is 1.57. The number of aromatic amines is 1. The summed E-state index contributed by atoms with van der Waals surface area (Å²) in [7, 11) is 0. The summed E-state index contributed by atoms with van der Waals surface area (Å²) in [5, 5.41) is 15.8. The van der Waals surface area contributed by atoms with Crippen molar-refractivity contribution >= 4 is 15.9 Å². The molecule has 1 N–H and O–H groups in total. The smallest absolute Gasteiger partial charge is 0.0953 e. The number of nitrogens with one attached hydrogen (secondary N) is 1. The number of benzene rings is 1. The van der Waals surface area contributed by atoms with E-state index in [1.54, 1.807) is 0 Å². The lowest BCUT2D eigenvalue weighted by Crippen LogP contribution is -1.84. The van der Waals surface area contributed by atoms with Gasteiger partial charge in [0.05, 0.1) is 23.9 Å². The van der Waals surface area contributed by atoms with Gasteiger partial charge >= 0.3 is 0 Å². The van der Waals surface area contributed by atoms with Gasteiger partial charge < -0.3 is 0 Å². The number of nitrogens with zero attached hydrogens (tertiary/aromatic N) is 2. The molecule has 0 aliphatic rings. The topological polar surface area (TPSA) is 52.5 Å². The zero-order valence-corrected chi connectivity index (χ0v) is 10.4. The third kappa shape index (κ3) is 2.00. The summed E-state index contributed by atoms with van der Waals surface area (Å²) in [6, 6.07) is 10.1. The molecule has 2 aromatic rings. The second kappa shape index (κ2) is 4.50. The summed E-state index contributed by atoms with van der Waals surface area (Å²) in [5.74, 6) is 0. The second-order valence-electron chi connectivity index (χ2n) is 3.52. The monoisotopic (exact) mass is 275 g/mol. The molecule has 0 unspecified atom stereocenters. The van der Waals surface area contributed by atoms with E-state index in [4.69, 9.17) is 5.26 Å². The molecule has 0 aliphatic heterocycles. The van der Waals surface area contributed by atoms with Crippen LogP contribution in [0.4, 0.5) is 0 Å². The molecule has 1 heterocycles. The van der Waals surface area contributed by atoms with Crippen LogP contribution in [0.3, 0.4) is 0 Å². The standard InChI is InChI=1S/C12H10BrN3/c1-8-11(6-7-14)15-16-12(8)9-2-4-10(13)5-3-9/h2-5H,6H2,1H3,(H,15,16). The van der Waals surface area contributed by atoms with E-state index in [1.807, 2.05) is 31.2 Å². The first-order valence-corrected chi connectivity index (χ1v) is 5.68. The highest BCUT2D eigenvalue weighted by atomic mass is 79.9. The number of H-pyrrole nitrogens is 1. The van der Waals surface area contributed by atoms with Crippen molar-refractivity contribution in [1.29, 1.82) is 5.26 Å². The highest BCUT2D eigenvalue weighted by Crippen LogP contribution is 2.24. The SMILES string of the molecule is Cc1c(-c2ccc(Br)cc2)n[nH]c1CC#N. The molecular weight excluding hydrogens is 266 g/mol.